The maximum absolute atomic E-state index is 11.9. The van der Waals surface area contributed by atoms with Gasteiger partial charge in [-0.05, 0) is 49.4 Å². The molecule has 100 valence electrons. The Morgan fingerprint density at radius 3 is 2.42 bits per heavy atom. The number of carbonyl (C=O) groups is 2. The summed E-state index contributed by atoms with van der Waals surface area (Å²) < 4.78 is 0. The van der Waals surface area contributed by atoms with Gasteiger partial charge in [0.15, 0.2) is 0 Å². The average Bonchev–Trinajstić information content (AvgIpc) is 2.46. The number of amides is 1. The molecule has 0 fully saturated rings. The monoisotopic (exact) mass is 259 g/mol. The highest BCUT2D eigenvalue weighted by Gasteiger charge is 2.12. The lowest BCUT2D eigenvalue weighted by atomic mass is 9.94. The van der Waals surface area contributed by atoms with E-state index in [1.165, 1.54) is 12.1 Å². The molecule has 0 spiro atoms. The second-order valence-corrected chi connectivity index (χ2v) is 4.74. The number of carbonyl (C=O) groups excluding carboxylic acids is 1. The van der Waals surface area contributed by atoms with Crippen LogP contribution in [0.15, 0.2) is 36.4 Å². The molecule has 0 aromatic heterocycles. The summed E-state index contributed by atoms with van der Waals surface area (Å²) in [5, 5.41) is 11.7. The number of rotatable bonds is 4. The molecule has 0 saturated heterocycles. The van der Waals surface area contributed by atoms with Gasteiger partial charge in [-0.3, -0.25) is 4.79 Å². The second kappa shape index (κ2) is 6.18. The zero-order valence-electron chi connectivity index (χ0n) is 10.6. The maximum atomic E-state index is 11.9. The van der Waals surface area contributed by atoms with Gasteiger partial charge in [0.25, 0.3) is 5.91 Å². The summed E-state index contributed by atoms with van der Waals surface area (Å²) in [5.41, 5.74) is 0.685. The summed E-state index contributed by atoms with van der Waals surface area (Å²) in [6.07, 6.45) is 7.52. The third-order valence-electron chi connectivity index (χ3n) is 3.32. The fourth-order valence-electron chi connectivity index (χ4n) is 2.14. The Kier molecular flexibility index (Phi) is 4.34. The van der Waals surface area contributed by atoms with Crippen LogP contribution in [0.1, 0.15) is 40.0 Å². The lowest BCUT2D eigenvalue weighted by molar-refractivity contribution is 0.0696. The highest BCUT2D eigenvalue weighted by Crippen LogP contribution is 2.17. The molecule has 1 aromatic carbocycles. The topological polar surface area (TPSA) is 66.4 Å². The molecule has 0 saturated carbocycles. The average molecular weight is 259 g/mol. The molecule has 0 bridgehead atoms. The molecule has 2 N–H and O–H groups in total. The Hall–Kier alpha value is -2.10. The van der Waals surface area contributed by atoms with Gasteiger partial charge in [0.1, 0.15) is 0 Å². The summed E-state index contributed by atoms with van der Waals surface area (Å²) in [6, 6.07) is 5.97. The van der Waals surface area contributed by atoms with Crippen LogP contribution >= 0.6 is 0 Å². The number of hydrogen-bond donors (Lipinski definition) is 2. The van der Waals surface area contributed by atoms with Crippen molar-refractivity contribution in [2.45, 2.75) is 19.3 Å². The van der Waals surface area contributed by atoms with Crippen molar-refractivity contribution in [2.75, 3.05) is 6.54 Å². The lowest BCUT2D eigenvalue weighted by Gasteiger charge is -2.18. The molecule has 0 aliphatic heterocycles. The molecule has 0 heterocycles. The van der Waals surface area contributed by atoms with Crippen LogP contribution in [-0.2, 0) is 0 Å². The van der Waals surface area contributed by atoms with Crippen LogP contribution in [0.3, 0.4) is 0 Å². The van der Waals surface area contributed by atoms with E-state index in [2.05, 4.69) is 17.5 Å². The van der Waals surface area contributed by atoms with Crippen molar-refractivity contribution in [1.29, 1.82) is 0 Å². The van der Waals surface area contributed by atoms with Crippen LogP contribution in [0.4, 0.5) is 0 Å². The van der Waals surface area contributed by atoms with Gasteiger partial charge in [-0.25, -0.2) is 4.79 Å². The number of carboxylic acids is 1. The van der Waals surface area contributed by atoms with E-state index in [9.17, 15) is 9.59 Å². The van der Waals surface area contributed by atoms with Gasteiger partial charge >= 0.3 is 5.97 Å². The van der Waals surface area contributed by atoms with E-state index in [4.69, 9.17) is 5.11 Å². The molecule has 1 aromatic rings. The molecular formula is C15H17NO3. The first-order valence-corrected chi connectivity index (χ1v) is 6.43. The molecule has 4 heteroatoms. The van der Waals surface area contributed by atoms with Crippen LogP contribution in [0, 0.1) is 5.92 Å². The van der Waals surface area contributed by atoms with Crippen molar-refractivity contribution in [2.24, 2.45) is 5.92 Å². The molecule has 2 rings (SSSR count). The summed E-state index contributed by atoms with van der Waals surface area (Å²) >= 11 is 0. The van der Waals surface area contributed by atoms with E-state index in [-0.39, 0.29) is 11.5 Å². The zero-order chi connectivity index (χ0) is 13.7. The quantitative estimate of drug-likeness (QED) is 0.816. The Morgan fingerprint density at radius 1 is 1.16 bits per heavy atom. The van der Waals surface area contributed by atoms with Gasteiger partial charge in [0, 0.05) is 12.1 Å². The Labute approximate surface area is 112 Å². The highest BCUT2D eigenvalue weighted by atomic mass is 16.4. The van der Waals surface area contributed by atoms with E-state index in [1.807, 2.05) is 0 Å². The molecule has 4 nitrogen and oxygen atoms in total. The van der Waals surface area contributed by atoms with Crippen molar-refractivity contribution in [3.8, 4) is 0 Å². The summed E-state index contributed by atoms with van der Waals surface area (Å²) in [6.45, 7) is 0.670. The zero-order valence-corrected chi connectivity index (χ0v) is 10.6. The highest BCUT2D eigenvalue weighted by molar-refractivity contribution is 5.95. The molecule has 0 radical (unpaired) electrons. The number of aromatic carboxylic acids is 1. The van der Waals surface area contributed by atoms with E-state index >= 15 is 0 Å². The third kappa shape index (κ3) is 3.68. The van der Waals surface area contributed by atoms with Crippen LogP contribution in [-0.4, -0.2) is 23.5 Å². The van der Waals surface area contributed by atoms with E-state index < -0.39 is 5.97 Å². The van der Waals surface area contributed by atoms with Crippen molar-refractivity contribution in [3.05, 3.63) is 47.5 Å². The number of hydrogen-bond acceptors (Lipinski definition) is 2. The van der Waals surface area contributed by atoms with Crippen molar-refractivity contribution in [3.63, 3.8) is 0 Å². The van der Waals surface area contributed by atoms with Gasteiger partial charge in [0.2, 0.25) is 0 Å². The Bertz CT molecular complexity index is 491. The van der Waals surface area contributed by atoms with Crippen molar-refractivity contribution in [1.82, 2.24) is 5.32 Å². The summed E-state index contributed by atoms with van der Waals surface area (Å²) in [4.78, 5) is 22.6. The minimum absolute atomic E-state index is 0.147. The Morgan fingerprint density at radius 2 is 1.84 bits per heavy atom. The van der Waals surface area contributed by atoms with Gasteiger partial charge in [0.05, 0.1) is 5.56 Å². The van der Waals surface area contributed by atoms with Crippen LogP contribution < -0.4 is 5.32 Å². The SMILES string of the molecule is O=C(O)c1ccc(C(=O)NCC2CC=CCC2)cc1. The van der Waals surface area contributed by atoms with Crippen molar-refractivity contribution >= 4 is 11.9 Å². The Balaban J connectivity index is 1.88. The minimum Gasteiger partial charge on any atom is -0.478 e. The minimum atomic E-state index is -0.985. The van der Waals surface area contributed by atoms with Gasteiger partial charge in [-0.1, -0.05) is 12.2 Å². The number of carboxylic acid groups (broad SMARTS) is 1. The first-order chi connectivity index (χ1) is 9.16. The predicted octanol–water partition coefficient (Wildman–Crippen LogP) is 2.47. The largest absolute Gasteiger partial charge is 0.478 e. The van der Waals surface area contributed by atoms with Gasteiger partial charge < -0.3 is 10.4 Å². The van der Waals surface area contributed by atoms with Gasteiger partial charge in [-0.2, -0.15) is 0 Å². The maximum Gasteiger partial charge on any atom is 0.335 e. The number of nitrogens with one attached hydrogen (secondary N) is 1. The molecule has 1 unspecified atom stereocenters. The van der Waals surface area contributed by atoms with Crippen LogP contribution in [0.5, 0.6) is 0 Å². The fraction of sp³-hybridized carbons (Fsp3) is 0.333. The first-order valence-electron chi connectivity index (χ1n) is 6.43. The molecule has 19 heavy (non-hydrogen) atoms. The van der Waals surface area contributed by atoms with E-state index in [0.29, 0.717) is 18.0 Å². The summed E-state index contributed by atoms with van der Waals surface area (Å²) in [7, 11) is 0. The lowest BCUT2D eigenvalue weighted by Crippen LogP contribution is -2.29. The first kappa shape index (κ1) is 13.3. The number of allylic oxidation sites excluding steroid dienone is 2. The van der Waals surface area contributed by atoms with E-state index in [0.717, 1.165) is 19.3 Å². The summed E-state index contributed by atoms with van der Waals surface area (Å²) in [5.74, 6) is -0.625. The third-order valence-corrected chi connectivity index (χ3v) is 3.32. The second-order valence-electron chi connectivity index (χ2n) is 4.74. The molecule has 1 amide bonds. The molecular weight excluding hydrogens is 242 g/mol. The molecule has 1 aliphatic carbocycles. The van der Waals surface area contributed by atoms with Crippen LogP contribution in [0.2, 0.25) is 0 Å². The molecule has 1 atom stereocenters. The standard InChI is InChI=1S/C15H17NO3/c17-14(16-10-11-4-2-1-3-5-11)12-6-8-13(9-7-12)15(18)19/h1-2,6-9,11H,3-5,10H2,(H,16,17)(H,18,19). The smallest absolute Gasteiger partial charge is 0.335 e. The van der Waals surface area contributed by atoms with Crippen molar-refractivity contribution < 1.29 is 14.7 Å². The van der Waals surface area contributed by atoms with E-state index in [1.54, 1.807) is 12.1 Å². The van der Waals surface area contributed by atoms with Crippen LogP contribution in [0.25, 0.3) is 0 Å². The van der Waals surface area contributed by atoms with Gasteiger partial charge in [-0.15, -0.1) is 0 Å². The fourth-order valence-corrected chi connectivity index (χ4v) is 2.14. The number of benzene rings is 1. The normalized spacial score (nSPS) is 18.0. The predicted molar refractivity (Wildman–Crippen MR) is 72.2 cm³/mol. The molecule has 1 aliphatic rings.